The van der Waals surface area contributed by atoms with Gasteiger partial charge in [0.15, 0.2) is 4.77 Å². The summed E-state index contributed by atoms with van der Waals surface area (Å²) in [6.07, 6.45) is 1.70. The molecular formula is C12H12N2OS. The number of hydrogen-bond donors (Lipinski definition) is 1. The number of aromatic amines is 1. The van der Waals surface area contributed by atoms with E-state index in [9.17, 15) is 0 Å². The number of ether oxygens (including phenoxy) is 1. The molecule has 1 N–H and O–H groups in total. The van der Waals surface area contributed by atoms with Gasteiger partial charge in [-0.1, -0.05) is 12.1 Å². The first-order valence-corrected chi connectivity index (χ1v) is 5.49. The summed E-state index contributed by atoms with van der Waals surface area (Å²) in [6.45, 7) is 2.63. The van der Waals surface area contributed by atoms with Gasteiger partial charge < -0.3 is 9.72 Å². The van der Waals surface area contributed by atoms with Crippen molar-refractivity contribution < 1.29 is 4.74 Å². The van der Waals surface area contributed by atoms with Crippen LogP contribution in [0.4, 0.5) is 0 Å². The fourth-order valence-corrected chi connectivity index (χ4v) is 1.63. The summed E-state index contributed by atoms with van der Waals surface area (Å²) in [4.78, 5) is 6.99. The van der Waals surface area contributed by atoms with E-state index in [-0.39, 0.29) is 0 Å². The van der Waals surface area contributed by atoms with Gasteiger partial charge in [0, 0.05) is 17.5 Å². The topological polar surface area (TPSA) is 37.9 Å². The van der Waals surface area contributed by atoms with Gasteiger partial charge in [-0.15, -0.1) is 0 Å². The zero-order chi connectivity index (χ0) is 11.4. The number of nitrogens with one attached hydrogen (secondary N) is 1. The van der Waals surface area contributed by atoms with Crippen molar-refractivity contribution in [3.05, 3.63) is 41.3 Å². The highest BCUT2D eigenvalue weighted by atomic mass is 32.1. The second kappa shape index (κ2) is 4.90. The molecule has 0 radical (unpaired) electrons. The van der Waals surface area contributed by atoms with Crippen molar-refractivity contribution in [2.75, 3.05) is 6.61 Å². The Bertz CT molecular complexity index is 536. The smallest absolute Gasteiger partial charge is 0.197 e. The molecule has 0 fully saturated rings. The van der Waals surface area contributed by atoms with Crippen LogP contribution in [0.3, 0.4) is 0 Å². The van der Waals surface area contributed by atoms with E-state index in [1.54, 1.807) is 6.20 Å². The first kappa shape index (κ1) is 10.8. The van der Waals surface area contributed by atoms with Crippen molar-refractivity contribution in [1.29, 1.82) is 0 Å². The van der Waals surface area contributed by atoms with Gasteiger partial charge >= 0.3 is 0 Å². The van der Waals surface area contributed by atoms with E-state index in [2.05, 4.69) is 9.97 Å². The first-order valence-electron chi connectivity index (χ1n) is 5.08. The van der Waals surface area contributed by atoms with Crippen molar-refractivity contribution in [2.45, 2.75) is 6.92 Å². The number of benzene rings is 1. The van der Waals surface area contributed by atoms with Crippen molar-refractivity contribution >= 4 is 12.2 Å². The molecule has 0 unspecified atom stereocenters. The van der Waals surface area contributed by atoms with Crippen LogP contribution in [0.5, 0.6) is 5.75 Å². The summed E-state index contributed by atoms with van der Waals surface area (Å²) in [5.74, 6) is 0.858. The van der Waals surface area contributed by atoms with Gasteiger partial charge in [-0.3, -0.25) is 0 Å². The molecular weight excluding hydrogens is 220 g/mol. The van der Waals surface area contributed by atoms with Crippen molar-refractivity contribution in [3.63, 3.8) is 0 Å². The summed E-state index contributed by atoms with van der Waals surface area (Å²) in [5.41, 5.74) is 1.99. The third-order valence-electron chi connectivity index (χ3n) is 2.13. The molecule has 4 heteroatoms. The molecule has 1 heterocycles. The number of H-pyrrole nitrogens is 1. The Labute approximate surface area is 99.1 Å². The summed E-state index contributed by atoms with van der Waals surface area (Å²) >= 11 is 4.99. The second-order valence-electron chi connectivity index (χ2n) is 3.25. The Balaban J connectivity index is 2.40. The maximum Gasteiger partial charge on any atom is 0.197 e. The summed E-state index contributed by atoms with van der Waals surface area (Å²) in [6, 6.07) is 9.76. The molecule has 1 aromatic heterocycles. The highest BCUT2D eigenvalue weighted by Gasteiger charge is 1.99. The monoisotopic (exact) mass is 232 g/mol. The molecule has 0 aliphatic carbocycles. The summed E-state index contributed by atoms with van der Waals surface area (Å²) in [7, 11) is 0. The maximum absolute atomic E-state index is 5.44. The third-order valence-corrected chi connectivity index (χ3v) is 2.34. The highest BCUT2D eigenvalue weighted by molar-refractivity contribution is 7.71. The number of rotatable bonds is 3. The predicted molar refractivity (Wildman–Crippen MR) is 66.0 cm³/mol. The Morgan fingerprint density at radius 2 is 2.25 bits per heavy atom. The SMILES string of the molecule is CCOc1cccc(-c2ccnc(=S)[nH]2)c1. The van der Waals surface area contributed by atoms with E-state index in [0.29, 0.717) is 11.4 Å². The Morgan fingerprint density at radius 1 is 1.38 bits per heavy atom. The van der Waals surface area contributed by atoms with Crippen LogP contribution in [0.2, 0.25) is 0 Å². The van der Waals surface area contributed by atoms with E-state index in [1.807, 2.05) is 37.3 Å². The van der Waals surface area contributed by atoms with Crippen LogP contribution >= 0.6 is 12.2 Å². The molecule has 0 aliphatic heterocycles. The first-order chi connectivity index (χ1) is 7.79. The second-order valence-corrected chi connectivity index (χ2v) is 3.64. The van der Waals surface area contributed by atoms with Crippen LogP contribution in [-0.2, 0) is 0 Å². The molecule has 0 spiro atoms. The van der Waals surface area contributed by atoms with Gasteiger partial charge in [-0.05, 0) is 37.3 Å². The van der Waals surface area contributed by atoms with Crippen molar-refractivity contribution in [3.8, 4) is 17.0 Å². The van der Waals surface area contributed by atoms with Crippen LogP contribution in [0.25, 0.3) is 11.3 Å². The third kappa shape index (κ3) is 2.46. The molecule has 0 saturated heterocycles. The molecule has 2 rings (SSSR count). The Kier molecular flexibility index (Phi) is 3.31. The lowest BCUT2D eigenvalue weighted by Gasteiger charge is -2.05. The van der Waals surface area contributed by atoms with E-state index in [1.165, 1.54) is 0 Å². The standard InChI is InChI=1S/C12H12N2OS/c1-2-15-10-5-3-4-9(8-10)11-6-7-13-12(16)14-11/h3-8H,2H2,1H3,(H,13,14,16). The summed E-state index contributed by atoms with van der Waals surface area (Å²) < 4.78 is 5.93. The zero-order valence-corrected chi connectivity index (χ0v) is 9.75. The number of nitrogens with zero attached hydrogens (tertiary/aromatic N) is 1. The normalized spacial score (nSPS) is 10.1. The van der Waals surface area contributed by atoms with Gasteiger partial charge in [0.1, 0.15) is 5.75 Å². The molecule has 0 bridgehead atoms. The van der Waals surface area contributed by atoms with Crippen LogP contribution < -0.4 is 4.74 Å². The van der Waals surface area contributed by atoms with E-state index < -0.39 is 0 Å². The largest absolute Gasteiger partial charge is 0.494 e. The number of hydrogen-bond acceptors (Lipinski definition) is 3. The molecule has 0 atom stereocenters. The molecule has 0 saturated carbocycles. The summed E-state index contributed by atoms with van der Waals surface area (Å²) in [5, 5.41) is 0. The Hall–Kier alpha value is -1.68. The fourth-order valence-electron chi connectivity index (χ4n) is 1.46. The molecule has 1 aromatic carbocycles. The molecule has 16 heavy (non-hydrogen) atoms. The highest BCUT2D eigenvalue weighted by Crippen LogP contribution is 2.21. The van der Waals surface area contributed by atoms with Crippen LogP contribution in [0.1, 0.15) is 6.92 Å². The van der Waals surface area contributed by atoms with Gasteiger partial charge in [0.05, 0.1) is 6.61 Å². The molecule has 82 valence electrons. The average molecular weight is 232 g/mol. The van der Waals surface area contributed by atoms with Crippen molar-refractivity contribution in [1.82, 2.24) is 9.97 Å². The lowest BCUT2D eigenvalue weighted by Crippen LogP contribution is -1.92. The minimum Gasteiger partial charge on any atom is -0.494 e. The van der Waals surface area contributed by atoms with Crippen LogP contribution in [0.15, 0.2) is 36.5 Å². The molecule has 0 aliphatic rings. The predicted octanol–water partition coefficient (Wildman–Crippen LogP) is 3.20. The van der Waals surface area contributed by atoms with Gasteiger partial charge in [-0.2, -0.15) is 0 Å². The quantitative estimate of drug-likeness (QED) is 0.826. The van der Waals surface area contributed by atoms with Gasteiger partial charge in [0.2, 0.25) is 0 Å². The van der Waals surface area contributed by atoms with Gasteiger partial charge in [-0.25, -0.2) is 4.98 Å². The van der Waals surface area contributed by atoms with E-state index in [4.69, 9.17) is 17.0 Å². The fraction of sp³-hybridized carbons (Fsp3) is 0.167. The number of aromatic nitrogens is 2. The maximum atomic E-state index is 5.44. The van der Waals surface area contributed by atoms with Gasteiger partial charge in [0.25, 0.3) is 0 Å². The molecule has 0 amide bonds. The van der Waals surface area contributed by atoms with Crippen LogP contribution in [0, 0.1) is 4.77 Å². The van der Waals surface area contributed by atoms with E-state index in [0.717, 1.165) is 17.0 Å². The van der Waals surface area contributed by atoms with E-state index >= 15 is 0 Å². The Morgan fingerprint density at radius 3 is 3.00 bits per heavy atom. The minimum absolute atomic E-state index is 0.485. The zero-order valence-electron chi connectivity index (χ0n) is 8.93. The van der Waals surface area contributed by atoms with Crippen LogP contribution in [-0.4, -0.2) is 16.6 Å². The minimum atomic E-state index is 0.485. The average Bonchev–Trinajstić information content (AvgIpc) is 2.30. The molecule has 2 aromatic rings. The van der Waals surface area contributed by atoms with Crippen molar-refractivity contribution in [2.24, 2.45) is 0 Å². The lowest BCUT2D eigenvalue weighted by atomic mass is 10.1. The molecule has 3 nitrogen and oxygen atoms in total. The lowest BCUT2D eigenvalue weighted by molar-refractivity contribution is 0.340.